The van der Waals surface area contributed by atoms with E-state index in [0.717, 1.165) is 44.6 Å². The number of hydrogen-bond donors (Lipinski definition) is 1. The Labute approximate surface area is 151 Å². The summed E-state index contributed by atoms with van der Waals surface area (Å²) in [6.45, 7) is 9.27. The van der Waals surface area contributed by atoms with Gasteiger partial charge in [-0.05, 0) is 30.5 Å². The third-order valence-electron chi connectivity index (χ3n) is 5.69. The van der Waals surface area contributed by atoms with Gasteiger partial charge in [-0.25, -0.2) is 0 Å². The predicted molar refractivity (Wildman–Crippen MR) is 101 cm³/mol. The summed E-state index contributed by atoms with van der Waals surface area (Å²) in [6, 6.07) is 8.33. The first-order valence-corrected chi connectivity index (χ1v) is 9.16. The van der Waals surface area contributed by atoms with Gasteiger partial charge < -0.3 is 19.7 Å². The summed E-state index contributed by atoms with van der Waals surface area (Å²) < 4.78 is 10.9. The minimum Gasteiger partial charge on any atom is -0.497 e. The highest BCUT2D eigenvalue weighted by atomic mass is 16.5. The molecule has 0 radical (unpaired) electrons. The van der Waals surface area contributed by atoms with Crippen LogP contribution in [0.2, 0.25) is 0 Å². The quantitative estimate of drug-likeness (QED) is 0.673. The van der Waals surface area contributed by atoms with Gasteiger partial charge in [0.1, 0.15) is 5.75 Å². The van der Waals surface area contributed by atoms with E-state index in [2.05, 4.69) is 41.2 Å². The zero-order valence-corrected chi connectivity index (χ0v) is 16.0. The minimum atomic E-state index is 0.0100. The van der Waals surface area contributed by atoms with Crippen molar-refractivity contribution < 1.29 is 9.47 Å². The molecule has 2 aliphatic heterocycles. The van der Waals surface area contributed by atoms with Crippen LogP contribution in [-0.2, 0) is 10.2 Å². The number of benzene rings is 1. The number of likely N-dealkylation sites (tertiary alicyclic amines) is 1. The van der Waals surface area contributed by atoms with E-state index in [0.29, 0.717) is 5.41 Å². The standard InChI is InChI=1S/C20H31N3O2/c1-19(2,16-5-7-17(24-4)8-6-16)13-22-18(21-3)23-11-9-20(14-23)10-12-25-15-20/h5-8H,9-15H2,1-4H3,(H,21,22). The first-order valence-electron chi connectivity index (χ1n) is 9.16. The maximum absolute atomic E-state index is 5.64. The molecule has 5 heteroatoms. The molecule has 0 aromatic heterocycles. The largest absolute Gasteiger partial charge is 0.497 e. The van der Waals surface area contributed by atoms with Crippen LogP contribution in [0.5, 0.6) is 5.75 Å². The maximum atomic E-state index is 5.64. The minimum absolute atomic E-state index is 0.0100. The lowest BCUT2D eigenvalue weighted by Gasteiger charge is -2.30. The van der Waals surface area contributed by atoms with Crippen molar-refractivity contribution in [3.8, 4) is 5.75 Å². The molecule has 0 aliphatic carbocycles. The fourth-order valence-corrected chi connectivity index (χ4v) is 3.86. The van der Waals surface area contributed by atoms with Crippen molar-refractivity contribution >= 4 is 5.96 Å². The second-order valence-corrected chi connectivity index (χ2v) is 7.99. The molecular weight excluding hydrogens is 314 g/mol. The van der Waals surface area contributed by atoms with Crippen LogP contribution in [0, 0.1) is 5.41 Å². The molecule has 25 heavy (non-hydrogen) atoms. The van der Waals surface area contributed by atoms with Crippen LogP contribution >= 0.6 is 0 Å². The van der Waals surface area contributed by atoms with E-state index in [1.807, 2.05) is 19.2 Å². The highest BCUT2D eigenvalue weighted by molar-refractivity contribution is 5.80. The molecule has 5 nitrogen and oxygen atoms in total. The summed E-state index contributed by atoms with van der Waals surface area (Å²) in [4.78, 5) is 6.91. The summed E-state index contributed by atoms with van der Waals surface area (Å²) in [7, 11) is 3.57. The fourth-order valence-electron chi connectivity index (χ4n) is 3.86. The fraction of sp³-hybridized carbons (Fsp3) is 0.650. The Bertz CT molecular complexity index is 604. The monoisotopic (exact) mass is 345 g/mol. The van der Waals surface area contributed by atoms with Crippen molar-refractivity contribution in [2.45, 2.75) is 32.1 Å². The molecule has 1 aromatic carbocycles. The molecule has 0 bridgehead atoms. The van der Waals surface area contributed by atoms with E-state index >= 15 is 0 Å². The molecule has 1 spiro atoms. The van der Waals surface area contributed by atoms with Crippen molar-refractivity contribution in [1.82, 2.24) is 10.2 Å². The zero-order valence-electron chi connectivity index (χ0n) is 16.0. The molecule has 1 N–H and O–H groups in total. The third-order valence-corrected chi connectivity index (χ3v) is 5.69. The summed E-state index contributed by atoms with van der Waals surface area (Å²) in [5.41, 5.74) is 1.65. The number of hydrogen-bond acceptors (Lipinski definition) is 3. The van der Waals surface area contributed by atoms with Crippen LogP contribution in [0.15, 0.2) is 29.3 Å². The summed E-state index contributed by atoms with van der Waals surface area (Å²) in [5.74, 6) is 1.90. The Morgan fingerprint density at radius 1 is 1.32 bits per heavy atom. The summed E-state index contributed by atoms with van der Waals surface area (Å²) in [6.07, 6.45) is 2.38. The molecule has 2 fully saturated rings. The van der Waals surface area contributed by atoms with Crippen molar-refractivity contribution in [3.05, 3.63) is 29.8 Å². The lowest BCUT2D eigenvalue weighted by molar-refractivity contribution is 0.156. The molecule has 138 valence electrons. The van der Waals surface area contributed by atoms with Crippen LogP contribution in [0.25, 0.3) is 0 Å². The average molecular weight is 345 g/mol. The maximum Gasteiger partial charge on any atom is 0.193 e. The Hall–Kier alpha value is -1.75. The van der Waals surface area contributed by atoms with Gasteiger partial charge in [0, 0.05) is 44.1 Å². The van der Waals surface area contributed by atoms with Gasteiger partial charge in [-0.15, -0.1) is 0 Å². The van der Waals surface area contributed by atoms with Gasteiger partial charge in [0.15, 0.2) is 5.96 Å². The van der Waals surface area contributed by atoms with Crippen LogP contribution in [-0.4, -0.2) is 57.9 Å². The van der Waals surface area contributed by atoms with Gasteiger partial charge >= 0.3 is 0 Å². The molecular formula is C20H31N3O2. The number of methoxy groups -OCH3 is 1. The Kier molecular flexibility index (Phi) is 5.23. The number of ether oxygens (including phenoxy) is 2. The molecule has 1 atom stereocenters. The van der Waals surface area contributed by atoms with Gasteiger partial charge in [-0.3, -0.25) is 4.99 Å². The van der Waals surface area contributed by atoms with E-state index < -0.39 is 0 Å². The second-order valence-electron chi connectivity index (χ2n) is 7.99. The molecule has 2 saturated heterocycles. The van der Waals surface area contributed by atoms with Crippen LogP contribution < -0.4 is 10.1 Å². The third kappa shape index (κ3) is 3.92. The molecule has 2 heterocycles. The highest BCUT2D eigenvalue weighted by Crippen LogP contribution is 2.38. The van der Waals surface area contributed by atoms with Crippen molar-refractivity contribution in [2.24, 2.45) is 10.4 Å². The lowest BCUT2D eigenvalue weighted by Crippen LogP contribution is -2.45. The number of aliphatic imine (C=N–C) groups is 1. The second kappa shape index (κ2) is 7.24. The van der Waals surface area contributed by atoms with Crippen molar-refractivity contribution in [2.75, 3.05) is 47.0 Å². The Morgan fingerprint density at radius 2 is 2.08 bits per heavy atom. The van der Waals surface area contributed by atoms with E-state index in [1.54, 1.807) is 7.11 Å². The molecule has 3 rings (SSSR count). The van der Waals surface area contributed by atoms with Gasteiger partial charge in [0.25, 0.3) is 0 Å². The van der Waals surface area contributed by atoms with E-state index in [-0.39, 0.29) is 5.41 Å². The SMILES string of the molecule is CN=C(NCC(C)(C)c1ccc(OC)cc1)N1CCC2(CCOC2)C1. The number of guanidine groups is 1. The average Bonchev–Trinajstić information content (AvgIpc) is 3.26. The Morgan fingerprint density at radius 3 is 2.68 bits per heavy atom. The summed E-state index contributed by atoms with van der Waals surface area (Å²) >= 11 is 0. The predicted octanol–water partition coefficient (Wildman–Crippen LogP) is 2.66. The van der Waals surface area contributed by atoms with Gasteiger partial charge in [0.05, 0.1) is 13.7 Å². The molecule has 1 unspecified atom stereocenters. The highest BCUT2D eigenvalue weighted by Gasteiger charge is 2.42. The molecule has 0 amide bonds. The topological polar surface area (TPSA) is 46.1 Å². The first-order chi connectivity index (χ1) is 12.0. The van der Waals surface area contributed by atoms with E-state index in [9.17, 15) is 0 Å². The molecule has 1 aromatic rings. The first kappa shape index (κ1) is 18.1. The lowest BCUT2D eigenvalue weighted by atomic mass is 9.84. The van der Waals surface area contributed by atoms with Crippen LogP contribution in [0.1, 0.15) is 32.3 Å². The summed E-state index contributed by atoms with van der Waals surface area (Å²) in [5, 5.41) is 3.59. The van der Waals surface area contributed by atoms with E-state index in [4.69, 9.17) is 9.47 Å². The van der Waals surface area contributed by atoms with Crippen LogP contribution in [0.4, 0.5) is 0 Å². The number of rotatable bonds is 4. The van der Waals surface area contributed by atoms with Gasteiger partial charge in [-0.1, -0.05) is 26.0 Å². The van der Waals surface area contributed by atoms with Crippen molar-refractivity contribution in [3.63, 3.8) is 0 Å². The number of nitrogens with one attached hydrogen (secondary N) is 1. The van der Waals surface area contributed by atoms with Crippen LogP contribution in [0.3, 0.4) is 0 Å². The normalized spacial score (nSPS) is 24.2. The smallest absolute Gasteiger partial charge is 0.193 e. The van der Waals surface area contributed by atoms with E-state index in [1.165, 1.54) is 18.4 Å². The van der Waals surface area contributed by atoms with Gasteiger partial charge in [0.2, 0.25) is 0 Å². The molecule has 2 aliphatic rings. The Balaban J connectivity index is 1.60. The number of nitrogens with zero attached hydrogens (tertiary/aromatic N) is 2. The zero-order chi connectivity index (χ0) is 17.9. The van der Waals surface area contributed by atoms with Gasteiger partial charge in [-0.2, -0.15) is 0 Å². The van der Waals surface area contributed by atoms with Crippen molar-refractivity contribution in [1.29, 1.82) is 0 Å². The molecule has 0 saturated carbocycles.